The van der Waals surface area contributed by atoms with Gasteiger partial charge in [-0.25, -0.2) is 0 Å². The van der Waals surface area contributed by atoms with Crippen molar-refractivity contribution in [2.45, 2.75) is 25.4 Å². The Bertz CT molecular complexity index is 162. The molecule has 1 saturated carbocycles. The first kappa shape index (κ1) is 5.25. The molecule has 0 unspecified atom stereocenters. The molecule has 0 amide bonds. The van der Waals surface area contributed by atoms with Gasteiger partial charge in [0.1, 0.15) is 0 Å². The van der Waals surface area contributed by atoms with Crippen LogP contribution in [0.15, 0.2) is 0 Å². The van der Waals surface area contributed by atoms with Crippen molar-refractivity contribution in [1.82, 2.24) is 0 Å². The molecule has 9 heavy (non-hydrogen) atoms. The fourth-order valence-corrected chi connectivity index (χ4v) is 1.13. The minimum absolute atomic E-state index is 0.0567. The number of hydrogen-bond donors (Lipinski definition) is 0. The summed E-state index contributed by atoms with van der Waals surface area (Å²) in [6.45, 7) is 0.892. The molecule has 2 fully saturated rings. The smallest absolute Gasteiger partial charge is 0.0825 e. The Morgan fingerprint density at radius 3 is 2.67 bits per heavy atom. The summed E-state index contributed by atoms with van der Waals surface area (Å²) in [6, 6.07) is 2.34. The summed E-state index contributed by atoms with van der Waals surface area (Å²) in [7, 11) is 0. The van der Waals surface area contributed by atoms with Gasteiger partial charge >= 0.3 is 0 Å². The monoisotopic (exact) mass is 123 g/mol. The average molecular weight is 123 g/mol. The van der Waals surface area contributed by atoms with E-state index in [-0.39, 0.29) is 5.41 Å². The summed E-state index contributed by atoms with van der Waals surface area (Å²) in [4.78, 5) is 0. The summed E-state index contributed by atoms with van der Waals surface area (Å²) in [6.07, 6.45) is 3.63. The molecule has 0 aromatic rings. The van der Waals surface area contributed by atoms with Gasteiger partial charge in [0.15, 0.2) is 0 Å². The zero-order chi connectivity index (χ0) is 6.32. The second-order valence-electron chi connectivity index (χ2n) is 3.05. The van der Waals surface area contributed by atoms with Crippen molar-refractivity contribution in [3.05, 3.63) is 0 Å². The highest BCUT2D eigenvalue weighted by Crippen LogP contribution is 2.50. The molecule has 0 N–H and O–H groups in total. The minimum Gasteiger partial charge on any atom is -0.373 e. The SMILES string of the molecule is N#CC1(C[C@H]2CO2)CC1. The first-order chi connectivity index (χ1) is 4.35. The number of ether oxygens (including phenoxy) is 1. The van der Waals surface area contributed by atoms with E-state index in [1.165, 1.54) is 0 Å². The van der Waals surface area contributed by atoms with Gasteiger partial charge in [-0.15, -0.1) is 0 Å². The van der Waals surface area contributed by atoms with E-state index in [2.05, 4.69) is 6.07 Å². The van der Waals surface area contributed by atoms with Crippen LogP contribution in [0.5, 0.6) is 0 Å². The van der Waals surface area contributed by atoms with Gasteiger partial charge in [0.2, 0.25) is 0 Å². The van der Waals surface area contributed by atoms with Crippen LogP contribution in [-0.4, -0.2) is 12.7 Å². The van der Waals surface area contributed by atoms with Gasteiger partial charge in [-0.05, 0) is 19.3 Å². The van der Waals surface area contributed by atoms with Gasteiger partial charge in [0.25, 0.3) is 0 Å². The van der Waals surface area contributed by atoms with Crippen LogP contribution in [0.2, 0.25) is 0 Å². The van der Waals surface area contributed by atoms with Crippen molar-refractivity contribution in [3.8, 4) is 6.07 Å². The van der Waals surface area contributed by atoms with Crippen LogP contribution >= 0.6 is 0 Å². The lowest BCUT2D eigenvalue weighted by Gasteiger charge is -1.97. The van der Waals surface area contributed by atoms with Crippen LogP contribution in [0.1, 0.15) is 19.3 Å². The number of rotatable bonds is 2. The normalized spacial score (nSPS) is 35.2. The molecule has 0 aromatic carbocycles. The third kappa shape index (κ3) is 0.927. The van der Waals surface area contributed by atoms with E-state index in [0.29, 0.717) is 6.10 Å². The second kappa shape index (κ2) is 1.48. The number of hydrogen-bond acceptors (Lipinski definition) is 2. The first-order valence-corrected chi connectivity index (χ1v) is 3.38. The maximum absolute atomic E-state index is 8.63. The second-order valence-corrected chi connectivity index (χ2v) is 3.05. The molecule has 2 heteroatoms. The maximum Gasteiger partial charge on any atom is 0.0825 e. The number of nitriles is 1. The summed E-state index contributed by atoms with van der Waals surface area (Å²) in [5.74, 6) is 0. The van der Waals surface area contributed by atoms with Crippen LogP contribution in [0.25, 0.3) is 0 Å². The van der Waals surface area contributed by atoms with E-state index in [1.54, 1.807) is 0 Å². The third-order valence-corrected chi connectivity index (χ3v) is 2.11. The molecule has 2 aliphatic rings. The molecule has 1 saturated heterocycles. The predicted molar refractivity (Wildman–Crippen MR) is 31.6 cm³/mol. The summed E-state index contributed by atoms with van der Waals surface area (Å²) >= 11 is 0. The van der Waals surface area contributed by atoms with Crippen molar-refractivity contribution in [2.75, 3.05) is 6.61 Å². The standard InChI is InChI=1S/C7H9NO/c8-5-7(1-2-7)3-6-4-9-6/h6H,1-4H2/t6-/m0/s1. The number of nitrogens with zero attached hydrogens (tertiary/aromatic N) is 1. The van der Waals surface area contributed by atoms with Crippen LogP contribution in [0.4, 0.5) is 0 Å². The van der Waals surface area contributed by atoms with Crippen molar-refractivity contribution in [1.29, 1.82) is 5.26 Å². The lowest BCUT2D eigenvalue weighted by atomic mass is 10.0. The Morgan fingerprint density at radius 1 is 1.67 bits per heavy atom. The van der Waals surface area contributed by atoms with Crippen LogP contribution in [-0.2, 0) is 4.74 Å². The molecule has 1 atom stereocenters. The Hall–Kier alpha value is -0.550. The molecule has 1 heterocycles. The maximum atomic E-state index is 8.63. The van der Waals surface area contributed by atoms with Crippen molar-refractivity contribution < 1.29 is 4.74 Å². The first-order valence-electron chi connectivity index (χ1n) is 3.38. The highest BCUT2D eigenvalue weighted by atomic mass is 16.6. The molecule has 0 aromatic heterocycles. The van der Waals surface area contributed by atoms with E-state index in [0.717, 1.165) is 25.9 Å². The zero-order valence-electron chi connectivity index (χ0n) is 5.26. The Morgan fingerprint density at radius 2 is 2.33 bits per heavy atom. The van der Waals surface area contributed by atoms with E-state index in [1.807, 2.05) is 0 Å². The average Bonchev–Trinajstić information content (AvgIpc) is 2.68. The molecule has 0 spiro atoms. The molecule has 0 radical (unpaired) electrons. The highest BCUT2D eigenvalue weighted by Gasteiger charge is 2.47. The van der Waals surface area contributed by atoms with E-state index in [9.17, 15) is 0 Å². The Kier molecular flexibility index (Phi) is 0.866. The van der Waals surface area contributed by atoms with Gasteiger partial charge in [-0.3, -0.25) is 0 Å². The molecule has 1 aliphatic heterocycles. The molecule has 2 nitrogen and oxygen atoms in total. The minimum atomic E-state index is 0.0567. The summed E-state index contributed by atoms with van der Waals surface area (Å²) in [5, 5.41) is 8.63. The topological polar surface area (TPSA) is 36.3 Å². The van der Waals surface area contributed by atoms with Gasteiger partial charge in [0, 0.05) is 0 Å². The summed E-state index contributed by atoms with van der Waals surface area (Å²) < 4.78 is 5.04. The molecule has 1 aliphatic carbocycles. The largest absolute Gasteiger partial charge is 0.373 e. The number of epoxide rings is 1. The highest BCUT2D eigenvalue weighted by molar-refractivity contribution is 5.11. The third-order valence-electron chi connectivity index (χ3n) is 2.11. The lowest BCUT2D eigenvalue weighted by Crippen LogP contribution is -2.00. The van der Waals surface area contributed by atoms with Gasteiger partial charge in [-0.2, -0.15) is 5.26 Å². The fraction of sp³-hybridized carbons (Fsp3) is 0.857. The molecule has 2 rings (SSSR count). The fourth-order valence-electron chi connectivity index (χ4n) is 1.13. The molecule has 48 valence electrons. The van der Waals surface area contributed by atoms with E-state index >= 15 is 0 Å². The Labute approximate surface area is 54.4 Å². The Balaban J connectivity index is 1.90. The van der Waals surface area contributed by atoms with Crippen LogP contribution in [0.3, 0.4) is 0 Å². The van der Waals surface area contributed by atoms with Gasteiger partial charge < -0.3 is 4.74 Å². The molecular weight excluding hydrogens is 114 g/mol. The van der Waals surface area contributed by atoms with Gasteiger partial charge in [-0.1, -0.05) is 0 Å². The van der Waals surface area contributed by atoms with Crippen molar-refractivity contribution >= 4 is 0 Å². The van der Waals surface area contributed by atoms with E-state index in [4.69, 9.17) is 10.00 Å². The van der Waals surface area contributed by atoms with E-state index < -0.39 is 0 Å². The summed E-state index contributed by atoms with van der Waals surface area (Å²) in [5.41, 5.74) is 0.0567. The lowest BCUT2D eigenvalue weighted by molar-refractivity contribution is 0.370. The van der Waals surface area contributed by atoms with Crippen LogP contribution < -0.4 is 0 Å². The molecule has 0 bridgehead atoms. The molecular formula is C7H9NO. The zero-order valence-corrected chi connectivity index (χ0v) is 5.26. The van der Waals surface area contributed by atoms with Crippen molar-refractivity contribution in [3.63, 3.8) is 0 Å². The van der Waals surface area contributed by atoms with Crippen molar-refractivity contribution in [2.24, 2.45) is 5.41 Å². The predicted octanol–water partition coefficient (Wildman–Crippen LogP) is 1.08. The quantitative estimate of drug-likeness (QED) is 0.515. The van der Waals surface area contributed by atoms with Gasteiger partial charge in [0.05, 0.1) is 24.2 Å². The van der Waals surface area contributed by atoms with Crippen LogP contribution in [0, 0.1) is 16.7 Å².